The molecular weight excluding hydrogens is 442 g/mol. The molecule has 0 atom stereocenters. The number of anilines is 1. The van der Waals surface area contributed by atoms with Crippen molar-refractivity contribution in [2.45, 2.75) is 6.61 Å². The van der Waals surface area contributed by atoms with Gasteiger partial charge in [0.25, 0.3) is 0 Å². The average Bonchev–Trinajstić information content (AvgIpc) is 3.11. The molecule has 1 heterocycles. The summed E-state index contributed by atoms with van der Waals surface area (Å²) in [7, 11) is 0. The predicted molar refractivity (Wildman–Crippen MR) is 115 cm³/mol. The quantitative estimate of drug-likeness (QED) is 0.400. The first kappa shape index (κ1) is 18.5. The average molecular weight is 457 g/mol. The molecule has 2 N–H and O–H groups in total. The summed E-state index contributed by atoms with van der Waals surface area (Å²) in [6, 6.07) is 18.1. The largest absolute Gasteiger partial charge is 0.486 e. The number of ether oxygens (including phenoxy) is 1. The first-order chi connectivity index (χ1) is 13.6. The highest BCUT2D eigenvalue weighted by Gasteiger charge is 2.10. The Morgan fingerprint density at radius 3 is 2.68 bits per heavy atom. The second-order valence-electron chi connectivity index (χ2n) is 6.05. The van der Waals surface area contributed by atoms with E-state index in [2.05, 4.69) is 50.4 Å². The first-order valence-corrected chi connectivity index (χ1v) is 9.63. The van der Waals surface area contributed by atoms with Crippen molar-refractivity contribution in [1.82, 2.24) is 10.2 Å². The molecule has 0 aliphatic rings. The van der Waals surface area contributed by atoms with Crippen molar-refractivity contribution in [3.63, 3.8) is 0 Å². The molecule has 0 bridgehead atoms. The van der Waals surface area contributed by atoms with Gasteiger partial charge in [0.2, 0.25) is 5.89 Å². The number of nitrogens with zero attached hydrogens (tertiary/aromatic N) is 2. The molecule has 4 aromatic rings. The SMILES string of the molecule is Nc1nnc(/C=C/c2cc(Cl)c(OCc3cccc4ccccc34)c(Br)c2)o1. The van der Waals surface area contributed by atoms with E-state index in [-0.39, 0.29) is 6.01 Å². The number of hydrogen-bond donors (Lipinski definition) is 1. The van der Waals surface area contributed by atoms with Crippen LogP contribution in [0.15, 0.2) is 63.5 Å². The summed E-state index contributed by atoms with van der Waals surface area (Å²) in [5.41, 5.74) is 7.36. The lowest BCUT2D eigenvalue weighted by molar-refractivity contribution is 0.306. The summed E-state index contributed by atoms with van der Waals surface area (Å²) < 4.78 is 11.9. The number of benzene rings is 3. The van der Waals surface area contributed by atoms with E-state index in [0.717, 1.165) is 21.0 Å². The van der Waals surface area contributed by atoms with E-state index in [1.54, 1.807) is 18.2 Å². The third-order valence-corrected chi connectivity index (χ3v) is 5.02. The summed E-state index contributed by atoms with van der Waals surface area (Å²) in [6.45, 7) is 0.413. The molecule has 0 aliphatic heterocycles. The normalized spacial score (nSPS) is 11.4. The zero-order valence-corrected chi connectivity index (χ0v) is 16.9. The highest BCUT2D eigenvalue weighted by molar-refractivity contribution is 9.10. The lowest BCUT2D eigenvalue weighted by Gasteiger charge is -2.12. The monoisotopic (exact) mass is 455 g/mol. The van der Waals surface area contributed by atoms with Gasteiger partial charge in [-0.25, -0.2) is 0 Å². The topological polar surface area (TPSA) is 74.2 Å². The number of rotatable bonds is 5. The van der Waals surface area contributed by atoms with E-state index in [1.165, 1.54) is 5.39 Å². The molecule has 5 nitrogen and oxygen atoms in total. The van der Waals surface area contributed by atoms with Crippen molar-refractivity contribution >= 4 is 56.5 Å². The maximum Gasteiger partial charge on any atom is 0.313 e. The van der Waals surface area contributed by atoms with Gasteiger partial charge >= 0.3 is 6.01 Å². The second kappa shape index (κ2) is 8.04. The number of hydrogen-bond acceptors (Lipinski definition) is 5. The summed E-state index contributed by atoms with van der Waals surface area (Å²) in [5.74, 6) is 0.912. The summed E-state index contributed by atoms with van der Waals surface area (Å²) in [6.07, 6.45) is 3.47. The van der Waals surface area contributed by atoms with Crippen molar-refractivity contribution in [2.75, 3.05) is 5.73 Å². The number of halogens is 2. The van der Waals surface area contributed by atoms with E-state index in [1.807, 2.05) is 24.3 Å². The highest BCUT2D eigenvalue weighted by atomic mass is 79.9. The Bertz CT molecular complexity index is 1140. The highest BCUT2D eigenvalue weighted by Crippen LogP contribution is 2.36. The third kappa shape index (κ3) is 4.03. The molecule has 0 saturated heterocycles. The Kier molecular flexibility index (Phi) is 5.32. The van der Waals surface area contributed by atoms with Gasteiger partial charge in [0.05, 0.1) is 9.50 Å². The fraction of sp³-hybridized carbons (Fsp3) is 0.0476. The molecule has 0 saturated carbocycles. The minimum Gasteiger partial charge on any atom is -0.486 e. The van der Waals surface area contributed by atoms with Gasteiger partial charge in [0.1, 0.15) is 6.61 Å². The number of nitrogen functional groups attached to an aromatic ring is 1. The molecule has 7 heteroatoms. The van der Waals surface area contributed by atoms with Gasteiger partial charge in [-0.1, -0.05) is 59.2 Å². The van der Waals surface area contributed by atoms with Gasteiger partial charge in [-0.3, -0.25) is 0 Å². The van der Waals surface area contributed by atoms with Gasteiger partial charge in [-0.15, -0.1) is 5.10 Å². The van der Waals surface area contributed by atoms with Crippen LogP contribution < -0.4 is 10.5 Å². The summed E-state index contributed by atoms with van der Waals surface area (Å²) in [5, 5.41) is 10.2. The van der Waals surface area contributed by atoms with E-state index in [4.69, 9.17) is 26.5 Å². The first-order valence-electron chi connectivity index (χ1n) is 8.46. The molecule has 4 rings (SSSR count). The minimum atomic E-state index is 0.0241. The molecule has 28 heavy (non-hydrogen) atoms. The molecule has 0 unspecified atom stereocenters. The number of aromatic nitrogens is 2. The van der Waals surface area contributed by atoms with E-state index in [9.17, 15) is 0 Å². The number of fused-ring (bicyclic) bond motifs is 1. The van der Waals surface area contributed by atoms with E-state index in [0.29, 0.717) is 23.3 Å². The zero-order valence-electron chi connectivity index (χ0n) is 14.6. The molecule has 0 spiro atoms. The lowest BCUT2D eigenvalue weighted by Crippen LogP contribution is -1.98. The molecule has 1 aromatic heterocycles. The van der Waals surface area contributed by atoms with Crippen molar-refractivity contribution in [3.8, 4) is 5.75 Å². The van der Waals surface area contributed by atoms with E-state index < -0.39 is 0 Å². The smallest absolute Gasteiger partial charge is 0.313 e. The zero-order chi connectivity index (χ0) is 19.5. The Morgan fingerprint density at radius 2 is 1.89 bits per heavy atom. The van der Waals surface area contributed by atoms with Crippen LogP contribution in [-0.2, 0) is 6.61 Å². The Balaban J connectivity index is 1.54. The molecule has 0 radical (unpaired) electrons. The van der Waals surface area contributed by atoms with Crippen molar-refractivity contribution in [2.24, 2.45) is 0 Å². The van der Waals surface area contributed by atoms with Crippen molar-refractivity contribution < 1.29 is 9.15 Å². The number of nitrogens with two attached hydrogens (primary N) is 1. The van der Waals surface area contributed by atoms with Gasteiger partial charge in [-0.05, 0) is 56.0 Å². The van der Waals surface area contributed by atoms with Crippen molar-refractivity contribution in [1.29, 1.82) is 0 Å². The Hall–Kier alpha value is -2.83. The fourth-order valence-electron chi connectivity index (χ4n) is 2.86. The van der Waals surface area contributed by atoms with Crippen LogP contribution in [0.1, 0.15) is 17.0 Å². The van der Waals surface area contributed by atoms with Crippen LogP contribution in [0.2, 0.25) is 5.02 Å². The van der Waals surface area contributed by atoms with Crippen LogP contribution in [0, 0.1) is 0 Å². The van der Waals surface area contributed by atoms with Crippen LogP contribution in [0.25, 0.3) is 22.9 Å². The molecular formula is C21H15BrClN3O2. The molecule has 0 aliphatic carbocycles. The van der Waals surface area contributed by atoms with Crippen LogP contribution >= 0.6 is 27.5 Å². The van der Waals surface area contributed by atoms with Gasteiger partial charge < -0.3 is 14.9 Å². The van der Waals surface area contributed by atoms with Gasteiger partial charge in [0, 0.05) is 6.08 Å². The third-order valence-electron chi connectivity index (χ3n) is 4.15. The van der Waals surface area contributed by atoms with Crippen LogP contribution in [-0.4, -0.2) is 10.2 Å². The van der Waals surface area contributed by atoms with Crippen LogP contribution in [0.5, 0.6) is 5.75 Å². The fourth-order valence-corrected chi connectivity index (χ4v) is 3.85. The maximum atomic E-state index is 6.44. The Labute approximate surface area is 174 Å². The molecule has 0 amide bonds. The molecule has 140 valence electrons. The Morgan fingerprint density at radius 1 is 1.07 bits per heavy atom. The minimum absolute atomic E-state index is 0.0241. The summed E-state index contributed by atoms with van der Waals surface area (Å²) in [4.78, 5) is 0. The van der Waals surface area contributed by atoms with E-state index >= 15 is 0 Å². The maximum absolute atomic E-state index is 6.44. The van der Waals surface area contributed by atoms with Crippen LogP contribution in [0.4, 0.5) is 6.01 Å². The summed E-state index contributed by atoms with van der Waals surface area (Å²) >= 11 is 9.98. The molecule has 3 aromatic carbocycles. The molecule has 0 fully saturated rings. The lowest BCUT2D eigenvalue weighted by atomic mass is 10.1. The van der Waals surface area contributed by atoms with Gasteiger partial charge in [0.15, 0.2) is 5.75 Å². The van der Waals surface area contributed by atoms with Crippen LogP contribution in [0.3, 0.4) is 0 Å². The van der Waals surface area contributed by atoms with Crippen molar-refractivity contribution in [3.05, 3.63) is 81.1 Å². The standard InChI is InChI=1S/C21H15BrClN3O2/c22-17-10-13(8-9-19-25-26-21(24)28-19)11-18(23)20(17)27-12-15-6-3-5-14-4-1-2-7-16(14)15/h1-11H,12H2,(H2,24,26)/b9-8+. The van der Waals surface area contributed by atoms with Gasteiger partial charge in [-0.2, -0.15) is 0 Å². The second-order valence-corrected chi connectivity index (χ2v) is 7.31. The predicted octanol–water partition coefficient (Wildman–Crippen LogP) is 5.97.